The van der Waals surface area contributed by atoms with E-state index in [0.717, 1.165) is 45.3 Å². The molecule has 1 heterocycles. The Morgan fingerprint density at radius 2 is 2.16 bits per heavy atom. The quantitative estimate of drug-likeness (QED) is 0.765. The van der Waals surface area contributed by atoms with Crippen LogP contribution in [0.5, 0.6) is 0 Å². The number of rotatable bonds is 7. The number of nitrogens with two attached hydrogens (primary N) is 1. The topological polar surface area (TPSA) is 49.6 Å². The summed E-state index contributed by atoms with van der Waals surface area (Å²) in [6, 6.07) is 0.531. The van der Waals surface area contributed by atoms with Gasteiger partial charge in [-0.15, -0.1) is 0 Å². The highest BCUT2D eigenvalue weighted by atomic mass is 16.2. The molecule has 2 unspecified atom stereocenters. The molecule has 0 aromatic carbocycles. The van der Waals surface area contributed by atoms with Crippen LogP contribution in [0.2, 0.25) is 0 Å². The van der Waals surface area contributed by atoms with Gasteiger partial charge in [0.25, 0.3) is 0 Å². The largest absolute Gasteiger partial charge is 0.341 e. The molecular weight excluding hydrogens is 238 g/mol. The first-order chi connectivity index (χ1) is 9.08. The van der Waals surface area contributed by atoms with Crippen molar-refractivity contribution < 1.29 is 4.79 Å². The Morgan fingerprint density at radius 3 is 2.74 bits per heavy atom. The molecule has 0 aliphatic carbocycles. The lowest BCUT2D eigenvalue weighted by Gasteiger charge is -2.36. The summed E-state index contributed by atoms with van der Waals surface area (Å²) in [7, 11) is 4.21. The van der Waals surface area contributed by atoms with Gasteiger partial charge in [0.15, 0.2) is 0 Å². The maximum Gasteiger partial charge on any atom is 0.222 e. The van der Waals surface area contributed by atoms with Crippen molar-refractivity contribution in [2.75, 3.05) is 33.7 Å². The van der Waals surface area contributed by atoms with Crippen molar-refractivity contribution in [2.45, 2.75) is 51.5 Å². The number of carbonyl (C=O) groups excluding carboxylic acids is 1. The first-order valence-electron chi connectivity index (χ1n) is 7.72. The minimum atomic E-state index is 0.335. The zero-order valence-corrected chi connectivity index (χ0v) is 12.9. The number of likely N-dealkylation sites (tertiary alicyclic amines) is 1. The Morgan fingerprint density at radius 1 is 1.42 bits per heavy atom. The normalized spacial score (nSPS) is 21.7. The van der Waals surface area contributed by atoms with Crippen LogP contribution in [0.3, 0.4) is 0 Å². The first kappa shape index (κ1) is 16.4. The van der Waals surface area contributed by atoms with E-state index in [9.17, 15) is 4.79 Å². The van der Waals surface area contributed by atoms with Gasteiger partial charge in [-0.1, -0.05) is 13.3 Å². The molecule has 19 heavy (non-hydrogen) atoms. The van der Waals surface area contributed by atoms with Gasteiger partial charge in [-0.25, -0.2) is 0 Å². The molecule has 2 N–H and O–H groups in total. The lowest BCUT2D eigenvalue weighted by molar-refractivity contribution is -0.133. The number of hydrogen-bond acceptors (Lipinski definition) is 3. The van der Waals surface area contributed by atoms with Gasteiger partial charge >= 0.3 is 0 Å². The molecule has 1 saturated heterocycles. The van der Waals surface area contributed by atoms with Gasteiger partial charge in [0.05, 0.1) is 0 Å². The fourth-order valence-corrected chi connectivity index (χ4v) is 2.88. The van der Waals surface area contributed by atoms with Crippen molar-refractivity contribution in [1.82, 2.24) is 9.80 Å². The Kier molecular flexibility index (Phi) is 7.39. The molecule has 2 atom stereocenters. The summed E-state index contributed by atoms with van der Waals surface area (Å²) in [6.07, 6.45) is 6.21. The Hall–Kier alpha value is -0.610. The number of amides is 1. The Bertz CT molecular complexity index is 268. The standard InChI is InChI=1S/C15H31N3O/c1-4-13(9-10-16)7-8-15(19)18-11-5-6-14(12-18)17(2)3/h13-14H,4-12,16H2,1-3H3. The summed E-state index contributed by atoms with van der Waals surface area (Å²) in [5, 5.41) is 0. The van der Waals surface area contributed by atoms with Gasteiger partial charge in [-0.2, -0.15) is 0 Å². The summed E-state index contributed by atoms with van der Waals surface area (Å²) in [5.74, 6) is 0.949. The fourth-order valence-electron chi connectivity index (χ4n) is 2.88. The van der Waals surface area contributed by atoms with Crippen LogP contribution in [-0.4, -0.2) is 55.5 Å². The van der Waals surface area contributed by atoms with Crippen molar-refractivity contribution in [3.05, 3.63) is 0 Å². The number of hydrogen-bond donors (Lipinski definition) is 1. The van der Waals surface area contributed by atoms with Crippen LogP contribution in [0.25, 0.3) is 0 Å². The molecule has 4 heteroatoms. The third-order valence-electron chi connectivity index (χ3n) is 4.40. The van der Waals surface area contributed by atoms with E-state index >= 15 is 0 Å². The molecule has 0 saturated carbocycles. The van der Waals surface area contributed by atoms with Gasteiger partial charge < -0.3 is 15.5 Å². The van der Waals surface area contributed by atoms with Crippen LogP contribution in [0.1, 0.15) is 45.4 Å². The molecule has 112 valence electrons. The minimum Gasteiger partial charge on any atom is -0.341 e. The zero-order valence-electron chi connectivity index (χ0n) is 12.9. The predicted molar refractivity (Wildman–Crippen MR) is 80.0 cm³/mol. The van der Waals surface area contributed by atoms with Gasteiger partial charge in [0.1, 0.15) is 0 Å². The van der Waals surface area contributed by atoms with Gasteiger partial charge in [0, 0.05) is 25.6 Å². The second-order valence-electron chi connectivity index (χ2n) is 5.99. The van der Waals surface area contributed by atoms with Gasteiger partial charge in [-0.05, 0) is 52.2 Å². The van der Waals surface area contributed by atoms with E-state index in [1.54, 1.807) is 0 Å². The minimum absolute atomic E-state index is 0.335. The molecule has 0 radical (unpaired) electrons. The second-order valence-corrected chi connectivity index (χ2v) is 5.99. The Balaban J connectivity index is 2.36. The molecule has 4 nitrogen and oxygen atoms in total. The third kappa shape index (κ3) is 5.49. The molecule has 1 fully saturated rings. The molecule has 0 aromatic heterocycles. The van der Waals surface area contributed by atoms with Crippen molar-refractivity contribution in [3.63, 3.8) is 0 Å². The van der Waals surface area contributed by atoms with Crippen molar-refractivity contribution in [2.24, 2.45) is 11.7 Å². The number of likely N-dealkylation sites (N-methyl/N-ethyl adjacent to an activating group) is 1. The van der Waals surface area contributed by atoms with Crippen LogP contribution in [0.15, 0.2) is 0 Å². The molecule has 1 amide bonds. The molecule has 0 aromatic rings. The monoisotopic (exact) mass is 269 g/mol. The van der Waals surface area contributed by atoms with Crippen LogP contribution in [0.4, 0.5) is 0 Å². The van der Waals surface area contributed by atoms with Crippen molar-refractivity contribution in [1.29, 1.82) is 0 Å². The van der Waals surface area contributed by atoms with Gasteiger partial charge in [0.2, 0.25) is 5.91 Å². The highest BCUT2D eigenvalue weighted by molar-refractivity contribution is 5.76. The third-order valence-corrected chi connectivity index (χ3v) is 4.40. The highest BCUT2D eigenvalue weighted by Gasteiger charge is 2.24. The van der Waals surface area contributed by atoms with Crippen LogP contribution < -0.4 is 5.73 Å². The van der Waals surface area contributed by atoms with Crippen molar-refractivity contribution >= 4 is 5.91 Å². The molecule has 1 aliphatic heterocycles. The summed E-state index contributed by atoms with van der Waals surface area (Å²) < 4.78 is 0. The van der Waals surface area contributed by atoms with Crippen molar-refractivity contribution in [3.8, 4) is 0 Å². The maximum absolute atomic E-state index is 12.3. The summed E-state index contributed by atoms with van der Waals surface area (Å²) in [5.41, 5.74) is 5.60. The zero-order chi connectivity index (χ0) is 14.3. The lowest BCUT2D eigenvalue weighted by Crippen LogP contribution is -2.47. The summed E-state index contributed by atoms with van der Waals surface area (Å²) >= 11 is 0. The van der Waals surface area contributed by atoms with E-state index in [1.165, 1.54) is 6.42 Å². The summed E-state index contributed by atoms with van der Waals surface area (Å²) in [6.45, 7) is 4.77. The van der Waals surface area contributed by atoms with Crippen LogP contribution in [-0.2, 0) is 4.79 Å². The van der Waals surface area contributed by atoms with Crippen LogP contribution >= 0.6 is 0 Å². The molecule has 1 aliphatic rings. The van der Waals surface area contributed by atoms with E-state index in [2.05, 4.69) is 30.8 Å². The average Bonchev–Trinajstić information content (AvgIpc) is 2.43. The van der Waals surface area contributed by atoms with Crippen LogP contribution in [0, 0.1) is 5.92 Å². The first-order valence-corrected chi connectivity index (χ1v) is 7.72. The maximum atomic E-state index is 12.3. The van der Waals surface area contributed by atoms with E-state index < -0.39 is 0 Å². The number of carbonyl (C=O) groups is 1. The number of nitrogens with zero attached hydrogens (tertiary/aromatic N) is 2. The smallest absolute Gasteiger partial charge is 0.222 e. The van der Waals surface area contributed by atoms with E-state index in [1.807, 2.05) is 0 Å². The molecule has 1 rings (SSSR count). The second kappa shape index (κ2) is 8.54. The molecular formula is C15H31N3O. The number of piperidine rings is 1. The lowest BCUT2D eigenvalue weighted by atomic mass is 9.96. The van der Waals surface area contributed by atoms with E-state index in [4.69, 9.17) is 5.73 Å². The highest BCUT2D eigenvalue weighted by Crippen LogP contribution is 2.18. The SMILES string of the molecule is CCC(CCN)CCC(=O)N1CCCC(N(C)C)C1. The fraction of sp³-hybridized carbons (Fsp3) is 0.933. The van der Waals surface area contributed by atoms with Gasteiger partial charge in [-0.3, -0.25) is 4.79 Å². The molecule has 0 bridgehead atoms. The van der Waals surface area contributed by atoms with E-state index in [-0.39, 0.29) is 0 Å². The predicted octanol–water partition coefficient (Wildman–Crippen LogP) is 1.69. The Labute approximate surface area is 118 Å². The summed E-state index contributed by atoms with van der Waals surface area (Å²) in [4.78, 5) is 16.6. The average molecular weight is 269 g/mol. The molecule has 0 spiro atoms. The van der Waals surface area contributed by atoms with E-state index in [0.29, 0.717) is 24.3 Å².